The van der Waals surface area contributed by atoms with Crippen LogP contribution < -0.4 is 15.0 Å². The lowest BCUT2D eigenvalue weighted by Gasteiger charge is -2.10. The standard InChI is InChI=1S/C14H16N2O3/c1-8-9(2)14(17)16-15-13(8)10-5-11(18-3)7-12(6-10)19-4/h5-7H,1-4H3,(H,16,17). The first-order valence-corrected chi connectivity index (χ1v) is 5.86. The molecule has 5 heteroatoms. The lowest BCUT2D eigenvalue weighted by molar-refractivity contribution is 0.394. The molecule has 0 saturated heterocycles. The molecule has 0 fully saturated rings. The van der Waals surface area contributed by atoms with E-state index >= 15 is 0 Å². The molecule has 0 amide bonds. The van der Waals surface area contributed by atoms with Crippen LogP contribution >= 0.6 is 0 Å². The van der Waals surface area contributed by atoms with E-state index < -0.39 is 0 Å². The van der Waals surface area contributed by atoms with Gasteiger partial charge in [-0.15, -0.1) is 0 Å². The van der Waals surface area contributed by atoms with Crippen molar-refractivity contribution in [3.63, 3.8) is 0 Å². The fourth-order valence-electron chi connectivity index (χ4n) is 1.85. The van der Waals surface area contributed by atoms with Gasteiger partial charge in [-0.2, -0.15) is 5.10 Å². The Labute approximate surface area is 111 Å². The fraction of sp³-hybridized carbons (Fsp3) is 0.286. The zero-order chi connectivity index (χ0) is 14.0. The SMILES string of the molecule is COc1cc(OC)cc(-c2n[nH]c(=O)c(C)c2C)c1. The molecule has 0 saturated carbocycles. The Morgan fingerprint density at radius 2 is 1.58 bits per heavy atom. The largest absolute Gasteiger partial charge is 0.497 e. The molecule has 1 aromatic heterocycles. The highest BCUT2D eigenvalue weighted by Gasteiger charge is 2.11. The predicted molar refractivity (Wildman–Crippen MR) is 72.9 cm³/mol. The lowest BCUT2D eigenvalue weighted by Crippen LogP contribution is -2.14. The minimum atomic E-state index is -0.170. The summed E-state index contributed by atoms with van der Waals surface area (Å²) in [7, 11) is 3.19. The van der Waals surface area contributed by atoms with E-state index in [9.17, 15) is 4.79 Å². The molecule has 0 aliphatic heterocycles. The van der Waals surface area contributed by atoms with Crippen LogP contribution in [0.3, 0.4) is 0 Å². The van der Waals surface area contributed by atoms with Crippen LogP contribution in [0.5, 0.6) is 11.5 Å². The molecular weight excluding hydrogens is 244 g/mol. The molecule has 5 nitrogen and oxygen atoms in total. The maximum atomic E-state index is 11.5. The molecule has 0 radical (unpaired) electrons. The molecule has 0 aliphatic rings. The lowest BCUT2D eigenvalue weighted by atomic mass is 10.0. The Hall–Kier alpha value is -2.30. The van der Waals surface area contributed by atoms with Crippen molar-refractivity contribution >= 4 is 0 Å². The third kappa shape index (κ3) is 2.45. The molecule has 1 N–H and O–H groups in total. The van der Waals surface area contributed by atoms with E-state index in [-0.39, 0.29) is 5.56 Å². The van der Waals surface area contributed by atoms with Crippen molar-refractivity contribution in [3.05, 3.63) is 39.7 Å². The number of hydrogen-bond donors (Lipinski definition) is 1. The van der Waals surface area contributed by atoms with Crippen LogP contribution in [0.25, 0.3) is 11.3 Å². The van der Waals surface area contributed by atoms with Crippen molar-refractivity contribution in [1.82, 2.24) is 10.2 Å². The van der Waals surface area contributed by atoms with Gasteiger partial charge in [-0.25, -0.2) is 5.10 Å². The number of rotatable bonds is 3. The van der Waals surface area contributed by atoms with Gasteiger partial charge in [0.15, 0.2) is 0 Å². The van der Waals surface area contributed by atoms with Crippen molar-refractivity contribution in [1.29, 1.82) is 0 Å². The van der Waals surface area contributed by atoms with Crippen molar-refractivity contribution in [2.24, 2.45) is 0 Å². The predicted octanol–water partition coefficient (Wildman–Crippen LogP) is 2.07. The molecule has 2 rings (SSSR count). The summed E-state index contributed by atoms with van der Waals surface area (Å²) in [6, 6.07) is 5.50. The highest BCUT2D eigenvalue weighted by atomic mass is 16.5. The second kappa shape index (κ2) is 5.14. The molecule has 2 aromatic rings. The number of H-pyrrole nitrogens is 1. The van der Waals surface area contributed by atoms with Gasteiger partial charge in [-0.3, -0.25) is 4.79 Å². The Bertz CT molecular complexity index is 640. The Balaban J connectivity index is 2.64. The van der Waals surface area contributed by atoms with Gasteiger partial charge in [-0.1, -0.05) is 0 Å². The maximum absolute atomic E-state index is 11.5. The molecular formula is C14H16N2O3. The summed E-state index contributed by atoms with van der Waals surface area (Å²) in [5.74, 6) is 1.36. The second-order valence-corrected chi connectivity index (χ2v) is 4.25. The van der Waals surface area contributed by atoms with Crippen molar-refractivity contribution in [3.8, 4) is 22.8 Å². The fourth-order valence-corrected chi connectivity index (χ4v) is 1.85. The number of nitrogens with one attached hydrogen (secondary N) is 1. The van der Waals surface area contributed by atoms with E-state index in [2.05, 4.69) is 10.2 Å². The number of methoxy groups -OCH3 is 2. The van der Waals surface area contributed by atoms with Crippen LogP contribution in [0.1, 0.15) is 11.1 Å². The molecule has 0 unspecified atom stereocenters. The quantitative estimate of drug-likeness (QED) is 0.917. The van der Waals surface area contributed by atoms with Crippen molar-refractivity contribution in [2.75, 3.05) is 14.2 Å². The molecule has 1 heterocycles. The summed E-state index contributed by atoms with van der Waals surface area (Å²) in [6.07, 6.45) is 0. The van der Waals surface area contributed by atoms with Crippen LogP contribution in [-0.4, -0.2) is 24.4 Å². The van der Waals surface area contributed by atoms with E-state index in [0.717, 1.165) is 11.1 Å². The van der Waals surface area contributed by atoms with E-state index in [1.807, 2.05) is 19.1 Å². The number of aromatic amines is 1. The summed E-state index contributed by atoms with van der Waals surface area (Å²) in [4.78, 5) is 11.5. The molecule has 0 aliphatic carbocycles. The molecule has 0 bridgehead atoms. The van der Waals surface area contributed by atoms with Crippen LogP contribution in [0.2, 0.25) is 0 Å². The highest BCUT2D eigenvalue weighted by molar-refractivity contribution is 5.67. The second-order valence-electron chi connectivity index (χ2n) is 4.25. The highest BCUT2D eigenvalue weighted by Crippen LogP contribution is 2.30. The minimum absolute atomic E-state index is 0.170. The van der Waals surface area contributed by atoms with Crippen LogP contribution in [0, 0.1) is 13.8 Å². The summed E-state index contributed by atoms with van der Waals surface area (Å²) < 4.78 is 10.5. The van der Waals surface area contributed by atoms with Crippen molar-refractivity contribution in [2.45, 2.75) is 13.8 Å². The van der Waals surface area contributed by atoms with Gasteiger partial charge < -0.3 is 9.47 Å². The summed E-state index contributed by atoms with van der Waals surface area (Å²) >= 11 is 0. The monoisotopic (exact) mass is 260 g/mol. The molecule has 0 atom stereocenters. The normalized spacial score (nSPS) is 10.3. The number of benzene rings is 1. The first-order valence-electron chi connectivity index (χ1n) is 5.86. The third-order valence-corrected chi connectivity index (χ3v) is 3.15. The molecule has 0 spiro atoms. The van der Waals surface area contributed by atoms with Crippen molar-refractivity contribution < 1.29 is 9.47 Å². The number of aromatic nitrogens is 2. The first kappa shape index (κ1) is 13.1. The van der Waals surface area contributed by atoms with Gasteiger partial charge in [-0.05, 0) is 31.5 Å². The molecule has 100 valence electrons. The maximum Gasteiger partial charge on any atom is 0.267 e. The summed E-state index contributed by atoms with van der Waals surface area (Å²) in [6.45, 7) is 3.65. The van der Waals surface area contributed by atoms with E-state index in [1.54, 1.807) is 27.2 Å². The van der Waals surface area contributed by atoms with Gasteiger partial charge in [0.25, 0.3) is 5.56 Å². The van der Waals surface area contributed by atoms with Crippen LogP contribution in [-0.2, 0) is 0 Å². The van der Waals surface area contributed by atoms with E-state index in [0.29, 0.717) is 22.8 Å². The number of hydrogen-bond acceptors (Lipinski definition) is 4. The number of ether oxygens (including phenoxy) is 2. The zero-order valence-electron chi connectivity index (χ0n) is 11.4. The Morgan fingerprint density at radius 3 is 2.11 bits per heavy atom. The van der Waals surface area contributed by atoms with Crippen LogP contribution in [0.15, 0.2) is 23.0 Å². The smallest absolute Gasteiger partial charge is 0.267 e. The topological polar surface area (TPSA) is 64.2 Å². The molecule has 1 aromatic carbocycles. The van der Waals surface area contributed by atoms with Gasteiger partial charge in [0.2, 0.25) is 0 Å². The summed E-state index contributed by atoms with van der Waals surface area (Å²) in [5.41, 5.74) is 2.89. The van der Waals surface area contributed by atoms with Gasteiger partial charge in [0, 0.05) is 17.2 Å². The third-order valence-electron chi connectivity index (χ3n) is 3.15. The van der Waals surface area contributed by atoms with Crippen LogP contribution in [0.4, 0.5) is 0 Å². The average molecular weight is 260 g/mol. The Morgan fingerprint density at radius 1 is 1.00 bits per heavy atom. The van der Waals surface area contributed by atoms with Gasteiger partial charge >= 0.3 is 0 Å². The van der Waals surface area contributed by atoms with E-state index in [4.69, 9.17) is 9.47 Å². The minimum Gasteiger partial charge on any atom is -0.497 e. The molecule has 19 heavy (non-hydrogen) atoms. The van der Waals surface area contributed by atoms with Gasteiger partial charge in [0.1, 0.15) is 11.5 Å². The van der Waals surface area contributed by atoms with Gasteiger partial charge in [0.05, 0.1) is 19.9 Å². The summed E-state index contributed by atoms with van der Waals surface area (Å²) in [5, 5.41) is 6.61. The average Bonchev–Trinajstić information content (AvgIpc) is 2.44. The van der Waals surface area contributed by atoms with E-state index in [1.165, 1.54) is 0 Å². The number of nitrogens with zero attached hydrogens (tertiary/aromatic N) is 1. The zero-order valence-corrected chi connectivity index (χ0v) is 11.4. The first-order chi connectivity index (χ1) is 9.06. The Kier molecular flexibility index (Phi) is 3.55.